The van der Waals surface area contributed by atoms with Crippen molar-refractivity contribution in [3.8, 4) is 0 Å². The summed E-state index contributed by atoms with van der Waals surface area (Å²) < 4.78 is 0. The molecule has 1 aromatic carbocycles. The molecule has 0 atom stereocenters. The van der Waals surface area contributed by atoms with Gasteiger partial charge in [-0.05, 0) is 31.2 Å². The summed E-state index contributed by atoms with van der Waals surface area (Å²) in [4.78, 5) is 11.8. The number of hydrogen-bond acceptors (Lipinski definition) is 6. The molecule has 0 unspecified atom stereocenters. The quantitative estimate of drug-likeness (QED) is 0.448. The lowest BCUT2D eigenvalue weighted by Gasteiger charge is -1.97. The smallest absolute Gasteiger partial charge is 0.265 e. The Labute approximate surface area is 131 Å². The highest BCUT2D eigenvalue weighted by molar-refractivity contribution is 6.03. The van der Waals surface area contributed by atoms with Gasteiger partial charge in [0.15, 0.2) is 5.65 Å². The summed E-state index contributed by atoms with van der Waals surface area (Å²) in [6.07, 6.45) is 3.31. The standard InChI is InChI=1S/C16H13N7/c1-10-5-6-13-12(8-10)14-15(19-13)20-16(23-21-14)22-18-9-11-4-2-3-7-17-11/h2-9H,1H3,(H2,19,20,22,23)/b18-9+. The highest BCUT2D eigenvalue weighted by atomic mass is 15.4. The monoisotopic (exact) mass is 303 g/mol. The second-order valence-corrected chi connectivity index (χ2v) is 5.13. The molecule has 0 aliphatic heterocycles. The van der Waals surface area contributed by atoms with E-state index in [-0.39, 0.29) is 0 Å². The van der Waals surface area contributed by atoms with Gasteiger partial charge >= 0.3 is 0 Å². The van der Waals surface area contributed by atoms with Crippen molar-refractivity contribution in [1.82, 2.24) is 25.1 Å². The molecule has 0 saturated carbocycles. The Morgan fingerprint density at radius 3 is 3.00 bits per heavy atom. The number of H-pyrrole nitrogens is 1. The molecule has 0 saturated heterocycles. The van der Waals surface area contributed by atoms with Crippen LogP contribution in [0.1, 0.15) is 11.3 Å². The van der Waals surface area contributed by atoms with Crippen molar-refractivity contribution >= 4 is 34.2 Å². The van der Waals surface area contributed by atoms with Crippen LogP contribution >= 0.6 is 0 Å². The van der Waals surface area contributed by atoms with Crippen molar-refractivity contribution in [2.24, 2.45) is 5.10 Å². The van der Waals surface area contributed by atoms with E-state index in [9.17, 15) is 0 Å². The van der Waals surface area contributed by atoms with Crippen LogP contribution < -0.4 is 5.43 Å². The highest BCUT2D eigenvalue weighted by Crippen LogP contribution is 2.23. The summed E-state index contributed by atoms with van der Waals surface area (Å²) in [5, 5.41) is 13.4. The van der Waals surface area contributed by atoms with E-state index < -0.39 is 0 Å². The van der Waals surface area contributed by atoms with Crippen molar-refractivity contribution < 1.29 is 0 Å². The second kappa shape index (κ2) is 5.45. The maximum atomic E-state index is 4.40. The molecular weight excluding hydrogens is 290 g/mol. The van der Waals surface area contributed by atoms with Gasteiger partial charge in [0.05, 0.1) is 11.9 Å². The average Bonchev–Trinajstić information content (AvgIpc) is 2.93. The Balaban J connectivity index is 1.64. The fourth-order valence-corrected chi connectivity index (χ4v) is 2.34. The molecule has 2 N–H and O–H groups in total. The van der Waals surface area contributed by atoms with E-state index >= 15 is 0 Å². The molecule has 3 aromatic heterocycles. The molecule has 0 spiro atoms. The van der Waals surface area contributed by atoms with Crippen LogP contribution in [0.5, 0.6) is 0 Å². The van der Waals surface area contributed by atoms with Crippen molar-refractivity contribution in [2.75, 3.05) is 5.43 Å². The van der Waals surface area contributed by atoms with Crippen LogP contribution in [0.15, 0.2) is 47.7 Å². The Bertz CT molecular complexity index is 1000. The van der Waals surface area contributed by atoms with Crippen LogP contribution in [0.2, 0.25) is 0 Å². The maximum absolute atomic E-state index is 4.40. The summed E-state index contributed by atoms with van der Waals surface area (Å²) in [7, 11) is 0. The van der Waals surface area contributed by atoms with Gasteiger partial charge in [-0.15, -0.1) is 10.2 Å². The first-order valence-electron chi connectivity index (χ1n) is 7.12. The molecule has 7 heteroatoms. The zero-order chi connectivity index (χ0) is 15.6. The first kappa shape index (κ1) is 13.3. The number of nitrogens with one attached hydrogen (secondary N) is 2. The van der Waals surface area contributed by atoms with Gasteiger partial charge in [0, 0.05) is 17.1 Å². The molecule has 4 rings (SSSR count). The Kier molecular flexibility index (Phi) is 3.16. The lowest BCUT2D eigenvalue weighted by Crippen LogP contribution is -1.99. The zero-order valence-corrected chi connectivity index (χ0v) is 12.4. The fraction of sp³-hybridized carbons (Fsp3) is 0.0625. The zero-order valence-electron chi connectivity index (χ0n) is 12.4. The van der Waals surface area contributed by atoms with Gasteiger partial charge in [0.2, 0.25) is 0 Å². The van der Waals surface area contributed by atoms with Gasteiger partial charge < -0.3 is 4.98 Å². The van der Waals surface area contributed by atoms with Crippen molar-refractivity contribution in [2.45, 2.75) is 6.92 Å². The van der Waals surface area contributed by atoms with Gasteiger partial charge in [-0.2, -0.15) is 10.1 Å². The average molecular weight is 303 g/mol. The van der Waals surface area contributed by atoms with Gasteiger partial charge in [-0.1, -0.05) is 17.7 Å². The summed E-state index contributed by atoms with van der Waals surface area (Å²) in [6, 6.07) is 11.7. The number of nitrogens with zero attached hydrogens (tertiary/aromatic N) is 5. The SMILES string of the molecule is Cc1ccc2[nH]c3nc(N/N=C/c4ccccn4)nnc3c2c1. The van der Waals surface area contributed by atoms with Gasteiger partial charge in [-0.25, -0.2) is 5.43 Å². The van der Waals surface area contributed by atoms with Gasteiger partial charge in [0.1, 0.15) is 5.52 Å². The minimum Gasteiger partial charge on any atom is -0.338 e. The number of pyridine rings is 1. The van der Waals surface area contributed by atoms with E-state index in [1.807, 2.05) is 37.3 Å². The fourth-order valence-electron chi connectivity index (χ4n) is 2.34. The van der Waals surface area contributed by atoms with E-state index in [4.69, 9.17) is 0 Å². The first-order chi connectivity index (χ1) is 11.3. The second-order valence-electron chi connectivity index (χ2n) is 5.13. The van der Waals surface area contributed by atoms with Crippen LogP contribution in [0.3, 0.4) is 0 Å². The van der Waals surface area contributed by atoms with Crippen LogP contribution in [0.25, 0.3) is 22.1 Å². The van der Waals surface area contributed by atoms with Gasteiger partial charge in [0.25, 0.3) is 5.95 Å². The molecular formula is C16H13N7. The first-order valence-corrected chi connectivity index (χ1v) is 7.12. The highest BCUT2D eigenvalue weighted by Gasteiger charge is 2.08. The van der Waals surface area contributed by atoms with Crippen LogP contribution in [-0.4, -0.2) is 31.4 Å². The lowest BCUT2D eigenvalue weighted by molar-refractivity contribution is 1.01. The Morgan fingerprint density at radius 2 is 2.13 bits per heavy atom. The summed E-state index contributed by atoms with van der Waals surface area (Å²) >= 11 is 0. The number of hydrogen-bond donors (Lipinski definition) is 2. The Morgan fingerprint density at radius 1 is 1.17 bits per heavy atom. The van der Waals surface area contributed by atoms with Crippen LogP contribution in [-0.2, 0) is 0 Å². The van der Waals surface area contributed by atoms with Crippen molar-refractivity contribution in [3.05, 3.63) is 53.9 Å². The molecule has 4 aromatic rings. The number of aryl methyl sites for hydroxylation is 1. The molecule has 0 bridgehead atoms. The van der Waals surface area contributed by atoms with Gasteiger partial charge in [-0.3, -0.25) is 4.98 Å². The van der Waals surface area contributed by atoms with Crippen molar-refractivity contribution in [3.63, 3.8) is 0 Å². The number of aromatic amines is 1. The lowest BCUT2D eigenvalue weighted by atomic mass is 10.2. The molecule has 0 aliphatic rings. The molecule has 3 heterocycles. The number of rotatable bonds is 3. The summed E-state index contributed by atoms with van der Waals surface area (Å²) in [5.41, 5.74) is 7.10. The molecule has 7 nitrogen and oxygen atoms in total. The molecule has 0 fully saturated rings. The number of anilines is 1. The van der Waals surface area contributed by atoms with Crippen LogP contribution in [0.4, 0.5) is 5.95 Å². The third kappa shape index (κ3) is 2.59. The number of aromatic nitrogens is 5. The van der Waals surface area contributed by atoms with E-state index in [0.717, 1.165) is 22.1 Å². The molecule has 112 valence electrons. The largest absolute Gasteiger partial charge is 0.338 e. The van der Waals surface area contributed by atoms with E-state index in [1.54, 1.807) is 12.4 Å². The van der Waals surface area contributed by atoms with Crippen molar-refractivity contribution in [1.29, 1.82) is 0 Å². The number of benzene rings is 1. The minimum atomic E-state index is 0.327. The third-order valence-electron chi connectivity index (χ3n) is 3.42. The number of hydrazone groups is 1. The molecule has 0 radical (unpaired) electrons. The molecule has 0 amide bonds. The predicted octanol–water partition coefficient (Wildman–Crippen LogP) is 2.66. The summed E-state index contributed by atoms with van der Waals surface area (Å²) in [5.74, 6) is 0.327. The Hall–Kier alpha value is -3.35. The maximum Gasteiger partial charge on any atom is 0.265 e. The third-order valence-corrected chi connectivity index (χ3v) is 3.42. The van der Waals surface area contributed by atoms with E-state index in [1.165, 1.54) is 5.56 Å². The van der Waals surface area contributed by atoms with Crippen LogP contribution in [0, 0.1) is 6.92 Å². The summed E-state index contributed by atoms with van der Waals surface area (Å²) in [6.45, 7) is 2.04. The number of fused-ring (bicyclic) bond motifs is 3. The van der Waals surface area contributed by atoms with E-state index in [2.05, 4.69) is 41.7 Å². The normalized spacial score (nSPS) is 11.5. The molecule has 23 heavy (non-hydrogen) atoms. The topological polar surface area (TPSA) is 91.7 Å². The predicted molar refractivity (Wildman–Crippen MR) is 89.4 cm³/mol. The minimum absolute atomic E-state index is 0.327. The molecule has 0 aliphatic carbocycles. The van der Waals surface area contributed by atoms with E-state index in [0.29, 0.717) is 11.6 Å².